The summed E-state index contributed by atoms with van der Waals surface area (Å²) in [5, 5.41) is 0. The highest BCUT2D eigenvalue weighted by Crippen LogP contribution is 2.39. The normalized spacial score (nSPS) is 15.0. The number of thioether (sulfide) groups is 1. The minimum atomic E-state index is -0.131. The number of carbonyl (C=O) groups excluding carboxylic acids is 1. The van der Waals surface area contributed by atoms with Crippen molar-refractivity contribution in [3.8, 4) is 23.8 Å². The third kappa shape index (κ3) is 4.60. The van der Waals surface area contributed by atoms with Crippen LogP contribution in [0.1, 0.15) is 16.7 Å². The molecule has 2 aromatic carbocycles. The van der Waals surface area contributed by atoms with Crippen molar-refractivity contribution in [2.45, 2.75) is 13.8 Å². The fourth-order valence-corrected chi connectivity index (χ4v) is 5.03. The molecule has 1 heterocycles. The Balaban J connectivity index is 1.95. The van der Waals surface area contributed by atoms with Crippen LogP contribution in [0.15, 0.2) is 35.2 Å². The molecular formula is C22H18INO3S2. The molecule has 1 amide bonds. The summed E-state index contributed by atoms with van der Waals surface area (Å²) in [6.07, 6.45) is 7.10. The second kappa shape index (κ2) is 9.20. The molecule has 0 aliphatic carbocycles. The lowest BCUT2D eigenvalue weighted by molar-refractivity contribution is -0.113. The van der Waals surface area contributed by atoms with Crippen molar-refractivity contribution >= 4 is 68.6 Å². The number of aryl methyl sites for hydroxylation is 2. The SMILES string of the molecule is C#CCOc1c(I)cc(/C=C2\SC(=S)N(c3ccc(C)cc3C)C2=O)cc1OC. The summed E-state index contributed by atoms with van der Waals surface area (Å²) in [6, 6.07) is 9.69. The summed E-state index contributed by atoms with van der Waals surface area (Å²) in [7, 11) is 1.57. The first-order valence-corrected chi connectivity index (χ1v) is 10.9. The smallest absolute Gasteiger partial charge is 0.270 e. The number of benzene rings is 2. The van der Waals surface area contributed by atoms with Gasteiger partial charge in [-0.05, 0) is 71.8 Å². The van der Waals surface area contributed by atoms with Crippen LogP contribution >= 0.6 is 46.6 Å². The number of halogens is 1. The minimum Gasteiger partial charge on any atom is -0.493 e. The zero-order valence-electron chi connectivity index (χ0n) is 16.1. The van der Waals surface area contributed by atoms with Crippen molar-refractivity contribution in [3.05, 3.63) is 55.5 Å². The van der Waals surface area contributed by atoms with Gasteiger partial charge in [0.05, 0.1) is 21.3 Å². The lowest BCUT2D eigenvalue weighted by atomic mass is 10.1. The first-order chi connectivity index (χ1) is 13.8. The zero-order valence-corrected chi connectivity index (χ0v) is 19.9. The molecule has 0 saturated carbocycles. The van der Waals surface area contributed by atoms with Gasteiger partial charge in [-0.25, -0.2) is 0 Å². The van der Waals surface area contributed by atoms with Crippen molar-refractivity contribution in [1.29, 1.82) is 0 Å². The van der Waals surface area contributed by atoms with Crippen LogP contribution in [-0.4, -0.2) is 23.9 Å². The Morgan fingerprint density at radius 2 is 2.07 bits per heavy atom. The number of anilines is 1. The van der Waals surface area contributed by atoms with E-state index < -0.39 is 0 Å². The van der Waals surface area contributed by atoms with Crippen molar-refractivity contribution in [2.24, 2.45) is 0 Å². The van der Waals surface area contributed by atoms with Crippen LogP contribution in [0.4, 0.5) is 5.69 Å². The predicted molar refractivity (Wildman–Crippen MR) is 132 cm³/mol. The maximum absolute atomic E-state index is 13.1. The van der Waals surface area contributed by atoms with Gasteiger partial charge in [0.15, 0.2) is 15.8 Å². The summed E-state index contributed by atoms with van der Waals surface area (Å²) in [5.41, 5.74) is 3.78. The molecule has 1 aliphatic heterocycles. The molecule has 7 heteroatoms. The number of terminal acetylenes is 1. The van der Waals surface area contributed by atoms with Crippen LogP contribution in [0.5, 0.6) is 11.5 Å². The van der Waals surface area contributed by atoms with E-state index in [1.807, 2.05) is 50.3 Å². The molecule has 1 saturated heterocycles. The Morgan fingerprint density at radius 3 is 2.72 bits per heavy atom. The first-order valence-electron chi connectivity index (χ1n) is 8.64. The number of rotatable bonds is 5. The fraction of sp³-hybridized carbons (Fsp3) is 0.182. The summed E-state index contributed by atoms with van der Waals surface area (Å²) < 4.78 is 12.4. The number of ether oxygens (including phenoxy) is 2. The van der Waals surface area contributed by atoms with Gasteiger partial charge in [-0.2, -0.15) is 0 Å². The van der Waals surface area contributed by atoms with Crippen LogP contribution in [0.3, 0.4) is 0 Å². The second-order valence-corrected chi connectivity index (χ2v) is 9.17. The number of hydrogen-bond acceptors (Lipinski definition) is 5. The van der Waals surface area contributed by atoms with Crippen LogP contribution in [-0.2, 0) is 4.79 Å². The quantitative estimate of drug-likeness (QED) is 0.224. The molecular weight excluding hydrogens is 517 g/mol. The maximum atomic E-state index is 13.1. The lowest BCUT2D eigenvalue weighted by Gasteiger charge is -2.17. The number of carbonyl (C=O) groups is 1. The monoisotopic (exact) mass is 535 g/mol. The number of thiocarbonyl (C=S) groups is 1. The lowest BCUT2D eigenvalue weighted by Crippen LogP contribution is -2.28. The molecule has 29 heavy (non-hydrogen) atoms. The van der Waals surface area contributed by atoms with Gasteiger partial charge in [0.25, 0.3) is 5.91 Å². The number of amides is 1. The molecule has 1 fully saturated rings. The van der Waals surface area contributed by atoms with Gasteiger partial charge in [-0.1, -0.05) is 47.6 Å². The van der Waals surface area contributed by atoms with Crippen LogP contribution < -0.4 is 14.4 Å². The molecule has 3 rings (SSSR count). The highest BCUT2D eigenvalue weighted by Gasteiger charge is 2.34. The van der Waals surface area contributed by atoms with Crippen LogP contribution in [0, 0.1) is 29.8 Å². The standard InChI is InChI=1S/C22H18INO3S2/c1-5-8-27-20-16(23)10-15(11-18(20)26-4)12-19-21(25)24(22(28)29-19)17-7-6-13(2)9-14(17)3/h1,6-7,9-12H,8H2,2-4H3/b19-12-. The molecule has 2 aromatic rings. The van der Waals surface area contributed by atoms with Gasteiger partial charge in [0.1, 0.15) is 6.61 Å². The second-order valence-electron chi connectivity index (χ2n) is 6.33. The maximum Gasteiger partial charge on any atom is 0.270 e. The first kappa shape index (κ1) is 21.7. The van der Waals surface area contributed by atoms with Gasteiger partial charge in [-0.3, -0.25) is 9.69 Å². The number of nitrogens with zero attached hydrogens (tertiary/aromatic N) is 1. The van der Waals surface area contributed by atoms with Gasteiger partial charge in [-0.15, -0.1) is 6.42 Å². The average molecular weight is 535 g/mol. The van der Waals surface area contributed by atoms with E-state index in [1.54, 1.807) is 12.0 Å². The molecule has 0 atom stereocenters. The average Bonchev–Trinajstić information content (AvgIpc) is 2.94. The molecule has 0 N–H and O–H groups in total. The largest absolute Gasteiger partial charge is 0.493 e. The molecule has 0 unspecified atom stereocenters. The highest BCUT2D eigenvalue weighted by molar-refractivity contribution is 14.1. The predicted octanol–water partition coefficient (Wildman–Crippen LogP) is 5.33. The Morgan fingerprint density at radius 1 is 1.31 bits per heavy atom. The Kier molecular flexibility index (Phi) is 6.88. The van der Waals surface area contributed by atoms with E-state index in [-0.39, 0.29) is 12.5 Å². The Labute approximate surface area is 193 Å². The fourth-order valence-electron chi connectivity index (χ4n) is 2.96. The van der Waals surface area contributed by atoms with Crippen molar-refractivity contribution in [1.82, 2.24) is 0 Å². The van der Waals surface area contributed by atoms with E-state index in [1.165, 1.54) is 11.8 Å². The van der Waals surface area contributed by atoms with E-state index in [0.717, 1.165) is 25.9 Å². The van der Waals surface area contributed by atoms with Gasteiger partial charge >= 0.3 is 0 Å². The molecule has 4 nitrogen and oxygen atoms in total. The molecule has 0 bridgehead atoms. The van der Waals surface area contributed by atoms with E-state index in [0.29, 0.717) is 20.7 Å². The van der Waals surface area contributed by atoms with Crippen molar-refractivity contribution < 1.29 is 14.3 Å². The van der Waals surface area contributed by atoms with E-state index in [2.05, 4.69) is 28.5 Å². The van der Waals surface area contributed by atoms with E-state index in [4.69, 9.17) is 28.1 Å². The molecule has 0 radical (unpaired) electrons. The zero-order chi connectivity index (χ0) is 21.1. The summed E-state index contributed by atoms with van der Waals surface area (Å²) in [4.78, 5) is 15.2. The highest BCUT2D eigenvalue weighted by atomic mass is 127. The topological polar surface area (TPSA) is 38.8 Å². The Bertz CT molecular complexity index is 1070. The van der Waals surface area contributed by atoms with Crippen molar-refractivity contribution in [3.63, 3.8) is 0 Å². The van der Waals surface area contributed by atoms with Gasteiger partial charge < -0.3 is 9.47 Å². The van der Waals surface area contributed by atoms with E-state index in [9.17, 15) is 4.79 Å². The molecule has 0 spiro atoms. The third-order valence-corrected chi connectivity index (χ3v) is 6.34. The van der Waals surface area contributed by atoms with Crippen molar-refractivity contribution in [2.75, 3.05) is 18.6 Å². The van der Waals surface area contributed by atoms with Gasteiger partial charge in [0, 0.05) is 0 Å². The minimum absolute atomic E-state index is 0.131. The van der Waals surface area contributed by atoms with Crippen LogP contribution in [0.2, 0.25) is 0 Å². The molecule has 0 aromatic heterocycles. The Hall–Kier alpha value is -2.02. The molecule has 1 aliphatic rings. The summed E-state index contributed by atoms with van der Waals surface area (Å²) >= 11 is 8.94. The third-order valence-electron chi connectivity index (χ3n) is 4.24. The van der Waals surface area contributed by atoms with Crippen LogP contribution in [0.25, 0.3) is 6.08 Å². The van der Waals surface area contributed by atoms with E-state index >= 15 is 0 Å². The number of hydrogen-bond donors (Lipinski definition) is 0. The van der Waals surface area contributed by atoms with Gasteiger partial charge in [0.2, 0.25) is 0 Å². The number of methoxy groups -OCH3 is 1. The molecule has 148 valence electrons. The summed E-state index contributed by atoms with van der Waals surface area (Å²) in [6.45, 7) is 4.15. The summed E-state index contributed by atoms with van der Waals surface area (Å²) in [5.74, 6) is 3.46.